The van der Waals surface area contributed by atoms with Crippen molar-refractivity contribution in [2.45, 2.75) is 21.6 Å². The van der Waals surface area contributed by atoms with E-state index in [0.717, 1.165) is 29.2 Å². The number of benzene rings is 8. The molecule has 2 nitrogen and oxygen atoms in total. The highest BCUT2D eigenvalue weighted by molar-refractivity contribution is 7.99. The Kier molecular flexibility index (Phi) is 7.63. The lowest BCUT2D eigenvalue weighted by molar-refractivity contribution is 0.723. The highest BCUT2D eigenvalue weighted by Crippen LogP contribution is 2.62. The van der Waals surface area contributed by atoms with Crippen molar-refractivity contribution < 1.29 is 0 Å². The fourth-order valence-corrected chi connectivity index (χ4v) is 11.3. The highest BCUT2D eigenvalue weighted by atomic mass is 32.2. The zero-order valence-electron chi connectivity index (χ0n) is 32.3. The monoisotopic (exact) mass is 770 g/mol. The maximum Gasteiger partial charge on any atom is 0.0736 e. The van der Waals surface area contributed by atoms with Crippen molar-refractivity contribution >= 4 is 50.5 Å². The zero-order valence-corrected chi connectivity index (χ0v) is 33.2. The maximum absolute atomic E-state index is 4.58. The van der Waals surface area contributed by atoms with Crippen LogP contribution in [0.5, 0.6) is 0 Å². The van der Waals surface area contributed by atoms with Crippen LogP contribution in [-0.2, 0) is 11.8 Å². The SMILES string of the molecule is C=C1/C=C\C(c2cccc(-n3c4ccccc4c4cc5c(cc43)C3(c4ccccc4Sc4ccccc43)c3ccccc3-5)c2)=C/Cc2ccccc2N1c1ccccc1. The fourth-order valence-electron chi connectivity index (χ4n) is 10.1. The highest BCUT2D eigenvalue weighted by Gasteiger charge is 2.50. The molecule has 278 valence electrons. The van der Waals surface area contributed by atoms with Crippen molar-refractivity contribution in [3.05, 3.63) is 252 Å². The first-order valence-electron chi connectivity index (χ1n) is 20.3. The van der Waals surface area contributed by atoms with Gasteiger partial charge in [0.1, 0.15) is 0 Å². The van der Waals surface area contributed by atoms with E-state index in [9.17, 15) is 0 Å². The molecule has 0 amide bonds. The second kappa shape index (κ2) is 13.2. The van der Waals surface area contributed by atoms with E-state index >= 15 is 0 Å². The molecule has 0 atom stereocenters. The van der Waals surface area contributed by atoms with Crippen molar-refractivity contribution in [1.29, 1.82) is 0 Å². The molecule has 12 rings (SSSR count). The van der Waals surface area contributed by atoms with Gasteiger partial charge in [-0.1, -0.05) is 158 Å². The second-order valence-electron chi connectivity index (χ2n) is 15.7. The molecule has 0 radical (unpaired) electrons. The number of hydrogen-bond acceptors (Lipinski definition) is 2. The molecule has 3 aliphatic rings. The van der Waals surface area contributed by atoms with Gasteiger partial charge in [0.15, 0.2) is 0 Å². The van der Waals surface area contributed by atoms with Crippen molar-refractivity contribution in [3.8, 4) is 16.8 Å². The number of hydrogen-bond donors (Lipinski definition) is 0. The molecule has 1 spiro atoms. The normalized spacial score (nSPS) is 16.2. The molecule has 0 bridgehead atoms. The average Bonchev–Trinajstić information content (AvgIpc) is 3.78. The number of para-hydroxylation sites is 3. The van der Waals surface area contributed by atoms with Gasteiger partial charge in [0.25, 0.3) is 0 Å². The molecule has 3 heteroatoms. The average molecular weight is 771 g/mol. The smallest absolute Gasteiger partial charge is 0.0736 e. The Labute approximate surface area is 348 Å². The Morgan fingerprint density at radius 3 is 2.00 bits per heavy atom. The molecule has 3 heterocycles. The summed E-state index contributed by atoms with van der Waals surface area (Å²) < 4.78 is 2.49. The van der Waals surface area contributed by atoms with Crippen molar-refractivity contribution in [2.24, 2.45) is 0 Å². The third kappa shape index (κ3) is 5.01. The molecule has 2 aliphatic heterocycles. The third-order valence-corrected chi connectivity index (χ3v) is 13.8. The van der Waals surface area contributed by atoms with E-state index in [4.69, 9.17) is 0 Å². The van der Waals surface area contributed by atoms with Crippen LogP contribution in [0.4, 0.5) is 11.4 Å². The molecule has 0 N–H and O–H groups in total. The molecular formula is C56H38N2S. The molecular weight excluding hydrogens is 733 g/mol. The molecule has 0 fully saturated rings. The summed E-state index contributed by atoms with van der Waals surface area (Å²) in [6.45, 7) is 4.58. The summed E-state index contributed by atoms with van der Waals surface area (Å²) in [5, 5.41) is 2.52. The van der Waals surface area contributed by atoms with Gasteiger partial charge in [-0.15, -0.1) is 0 Å². The zero-order chi connectivity index (χ0) is 39.1. The summed E-state index contributed by atoms with van der Waals surface area (Å²) in [5.74, 6) is 0. The molecule has 1 aromatic heterocycles. The van der Waals surface area contributed by atoms with E-state index in [0.29, 0.717) is 0 Å². The van der Waals surface area contributed by atoms with Gasteiger partial charge in [-0.2, -0.15) is 0 Å². The van der Waals surface area contributed by atoms with Crippen LogP contribution in [0.15, 0.2) is 228 Å². The molecule has 1 aliphatic carbocycles. The number of rotatable bonds is 3. The Morgan fingerprint density at radius 2 is 1.17 bits per heavy atom. The summed E-state index contributed by atoms with van der Waals surface area (Å²) in [5.41, 5.74) is 17.9. The molecule has 0 unspecified atom stereocenters. The molecule has 9 aromatic rings. The third-order valence-electron chi connectivity index (χ3n) is 12.6. The Bertz CT molecular complexity index is 3210. The summed E-state index contributed by atoms with van der Waals surface area (Å²) in [6.07, 6.45) is 7.56. The summed E-state index contributed by atoms with van der Waals surface area (Å²) in [4.78, 5) is 4.90. The van der Waals surface area contributed by atoms with Gasteiger partial charge < -0.3 is 9.47 Å². The molecule has 59 heavy (non-hydrogen) atoms. The van der Waals surface area contributed by atoms with E-state index < -0.39 is 5.41 Å². The minimum Gasteiger partial charge on any atom is -0.311 e. The quantitative estimate of drug-likeness (QED) is 0.177. The van der Waals surface area contributed by atoms with E-state index in [1.54, 1.807) is 0 Å². The predicted octanol–water partition coefficient (Wildman–Crippen LogP) is 14.5. The first-order chi connectivity index (χ1) is 29.2. The van der Waals surface area contributed by atoms with Crippen LogP contribution in [0.2, 0.25) is 0 Å². The molecule has 0 saturated carbocycles. The predicted molar refractivity (Wildman–Crippen MR) is 247 cm³/mol. The van der Waals surface area contributed by atoms with Crippen LogP contribution in [-0.4, -0.2) is 4.57 Å². The van der Waals surface area contributed by atoms with Gasteiger partial charge in [0, 0.05) is 43.3 Å². The Hall–Kier alpha value is -7.07. The number of fused-ring (bicyclic) bond motifs is 13. The van der Waals surface area contributed by atoms with Crippen LogP contribution >= 0.6 is 11.8 Å². The van der Waals surface area contributed by atoms with E-state index in [1.165, 1.54) is 81.7 Å². The maximum atomic E-state index is 4.58. The lowest BCUT2D eigenvalue weighted by atomic mass is 9.67. The lowest BCUT2D eigenvalue weighted by Gasteiger charge is -2.39. The number of nitrogens with zero attached hydrogens (tertiary/aromatic N) is 2. The van der Waals surface area contributed by atoms with Crippen molar-refractivity contribution in [3.63, 3.8) is 0 Å². The van der Waals surface area contributed by atoms with E-state index in [2.05, 4.69) is 222 Å². The summed E-state index contributed by atoms with van der Waals surface area (Å²) in [7, 11) is 0. The van der Waals surface area contributed by atoms with Crippen molar-refractivity contribution in [2.75, 3.05) is 4.90 Å². The number of aromatic nitrogens is 1. The minimum absolute atomic E-state index is 0.443. The van der Waals surface area contributed by atoms with Gasteiger partial charge in [-0.25, -0.2) is 0 Å². The van der Waals surface area contributed by atoms with Gasteiger partial charge in [0.2, 0.25) is 0 Å². The minimum atomic E-state index is -0.443. The Balaban J connectivity index is 1.07. The Morgan fingerprint density at radius 1 is 0.492 bits per heavy atom. The topological polar surface area (TPSA) is 8.17 Å². The number of anilines is 2. The van der Waals surface area contributed by atoms with E-state index in [1.807, 2.05) is 11.8 Å². The molecule has 8 aromatic carbocycles. The summed E-state index contributed by atoms with van der Waals surface area (Å²) >= 11 is 1.89. The first kappa shape index (κ1) is 34.0. The van der Waals surface area contributed by atoms with E-state index in [-0.39, 0.29) is 0 Å². The lowest BCUT2D eigenvalue weighted by Crippen LogP contribution is -2.31. The van der Waals surface area contributed by atoms with Gasteiger partial charge in [0.05, 0.1) is 16.4 Å². The van der Waals surface area contributed by atoms with Crippen LogP contribution in [0.3, 0.4) is 0 Å². The molecule has 0 saturated heterocycles. The first-order valence-corrected chi connectivity index (χ1v) is 21.2. The van der Waals surface area contributed by atoms with Gasteiger partial charge in [-0.3, -0.25) is 0 Å². The van der Waals surface area contributed by atoms with Gasteiger partial charge in [-0.05, 0) is 123 Å². The largest absolute Gasteiger partial charge is 0.311 e. The summed E-state index contributed by atoms with van der Waals surface area (Å²) in [6, 6.07) is 69.4. The van der Waals surface area contributed by atoms with Crippen LogP contribution in [0.25, 0.3) is 44.2 Å². The van der Waals surface area contributed by atoms with Crippen molar-refractivity contribution in [1.82, 2.24) is 4.57 Å². The van der Waals surface area contributed by atoms with Crippen LogP contribution < -0.4 is 4.90 Å². The van der Waals surface area contributed by atoms with Gasteiger partial charge >= 0.3 is 0 Å². The number of allylic oxidation sites excluding steroid dienone is 4. The second-order valence-corrected chi connectivity index (χ2v) is 16.8. The fraction of sp³-hybridized carbons (Fsp3) is 0.0357. The van der Waals surface area contributed by atoms with Crippen LogP contribution in [0, 0.1) is 0 Å². The van der Waals surface area contributed by atoms with Crippen LogP contribution in [0.1, 0.15) is 33.4 Å². The standard InChI is InChI=1S/C56H38N2S/c1-37-30-31-38(32-33-39-16-5-11-26-51(39)57(37)41-18-3-2-4-19-41)40-17-15-20-42(34-40)58-52-27-12-7-22-44(52)46-35-45-43-21-6-8-23-47(43)56(50(45)36-53(46)58)48-24-9-13-28-54(48)59-55-29-14-10-25-49(55)56/h2-32,34-36H,1,33H2/b31-30-,38-32+.